The third-order valence-electron chi connectivity index (χ3n) is 6.86. The summed E-state index contributed by atoms with van der Waals surface area (Å²) in [4.78, 5) is 23.5. The minimum Gasteiger partial charge on any atom is -0.472 e. The summed E-state index contributed by atoms with van der Waals surface area (Å²) in [7, 11) is 0. The fourth-order valence-corrected chi connectivity index (χ4v) is 5.36. The zero-order valence-electron chi connectivity index (χ0n) is 17.9. The average molecular weight is 434 g/mol. The van der Waals surface area contributed by atoms with Gasteiger partial charge in [-0.15, -0.1) is 0 Å². The molecule has 3 heterocycles. The van der Waals surface area contributed by atoms with Gasteiger partial charge in [-0.3, -0.25) is 4.79 Å². The first-order valence-corrected chi connectivity index (χ1v) is 11.2. The second kappa shape index (κ2) is 7.79. The van der Waals surface area contributed by atoms with Crippen LogP contribution in [0.5, 0.6) is 5.88 Å². The van der Waals surface area contributed by atoms with Gasteiger partial charge in [0, 0.05) is 46.4 Å². The number of nitrogens with one attached hydrogen (secondary N) is 1. The lowest BCUT2D eigenvalue weighted by molar-refractivity contribution is 0.0192. The second-order valence-corrected chi connectivity index (χ2v) is 8.74. The van der Waals surface area contributed by atoms with Crippen LogP contribution in [0, 0.1) is 11.3 Å². The van der Waals surface area contributed by atoms with Crippen LogP contribution in [-0.4, -0.2) is 39.5 Å². The lowest BCUT2D eigenvalue weighted by Crippen LogP contribution is -2.56. The number of fused-ring (bicyclic) bond motifs is 6. The molecule has 2 aromatic heterocycles. The van der Waals surface area contributed by atoms with Gasteiger partial charge in [0.1, 0.15) is 6.10 Å². The second-order valence-electron chi connectivity index (χ2n) is 8.74. The van der Waals surface area contributed by atoms with Crippen molar-refractivity contribution >= 4 is 16.8 Å². The molecule has 2 aromatic carbocycles. The number of carbonyl (C=O) groups is 1. The van der Waals surface area contributed by atoms with E-state index in [1.807, 2.05) is 29.2 Å². The van der Waals surface area contributed by atoms with E-state index in [0.717, 1.165) is 18.4 Å². The molecular formula is C27H22N4O2. The zero-order valence-corrected chi connectivity index (χ0v) is 17.9. The van der Waals surface area contributed by atoms with E-state index in [2.05, 4.69) is 34.2 Å². The number of pyridine rings is 1. The van der Waals surface area contributed by atoms with Crippen LogP contribution in [0.4, 0.5) is 0 Å². The average Bonchev–Trinajstić information content (AvgIpc) is 3.24. The normalized spacial score (nSPS) is 21.3. The van der Waals surface area contributed by atoms with Crippen molar-refractivity contribution in [3.05, 3.63) is 95.3 Å². The summed E-state index contributed by atoms with van der Waals surface area (Å²) in [6.45, 7) is 0.469. The number of carbonyl (C=O) groups excluding carboxylic acids is 1. The SMILES string of the molecule is N#Cc1cccc(C(=O)N2C[C@H](Oc3ccccn3)[C@H]3C[C@@H]2Cc2c3[nH]c3ccccc23)c1. The van der Waals surface area contributed by atoms with E-state index in [1.54, 1.807) is 30.5 Å². The molecule has 2 bridgehead atoms. The zero-order chi connectivity index (χ0) is 22.4. The molecule has 1 amide bonds. The monoisotopic (exact) mass is 434 g/mol. The standard InChI is InChI=1S/C27H22N4O2/c28-15-17-6-5-7-18(12-17)27(32)31-16-24(33-25-10-3-4-11-29-25)22-14-19(31)13-21-20-8-1-2-9-23(20)30-26(21)22/h1-12,19,22,24,30H,13-14,16H2/t19-,22+,24-/m0/s1. The molecule has 2 aliphatic rings. The van der Waals surface area contributed by atoms with Gasteiger partial charge >= 0.3 is 0 Å². The van der Waals surface area contributed by atoms with Crippen LogP contribution in [0.1, 0.15) is 39.5 Å². The highest BCUT2D eigenvalue weighted by molar-refractivity contribution is 5.95. The number of hydrogen-bond acceptors (Lipinski definition) is 4. The Balaban J connectivity index is 1.42. The number of H-pyrrole nitrogens is 1. The minimum absolute atomic E-state index is 0.0616. The smallest absolute Gasteiger partial charge is 0.254 e. The van der Waals surface area contributed by atoms with Gasteiger partial charge in [0.2, 0.25) is 5.88 Å². The molecule has 162 valence electrons. The van der Waals surface area contributed by atoms with Gasteiger partial charge in [0.15, 0.2) is 0 Å². The van der Waals surface area contributed by atoms with Crippen molar-refractivity contribution in [2.45, 2.75) is 30.9 Å². The number of aromatic nitrogens is 2. The molecule has 0 spiro atoms. The van der Waals surface area contributed by atoms with Crippen LogP contribution in [0.3, 0.4) is 0 Å². The number of piperidine rings is 1. The van der Waals surface area contributed by atoms with Gasteiger partial charge in [-0.25, -0.2) is 4.98 Å². The maximum absolute atomic E-state index is 13.6. The topological polar surface area (TPSA) is 82.0 Å². The highest BCUT2D eigenvalue weighted by Crippen LogP contribution is 2.44. The molecule has 1 fully saturated rings. The van der Waals surface area contributed by atoms with Crippen LogP contribution in [0.25, 0.3) is 10.9 Å². The number of rotatable bonds is 3. The first-order chi connectivity index (χ1) is 16.2. The van der Waals surface area contributed by atoms with Crippen molar-refractivity contribution in [3.63, 3.8) is 0 Å². The third-order valence-corrected chi connectivity index (χ3v) is 6.86. The minimum atomic E-state index is -0.230. The number of para-hydroxylation sites is 1. The quantitative estimate of drug-likeness (QED) is 0.517. The molecule has 1 N–H and O–H groups in total. The molecule has 6 nitrogen and oxygen atoms in total. The summed E-state index contributed by atoms with van der Waals surface area (Å²) in [5, 5.41) is 10.5. The van der Waals surface area contributed by atoms with Gasteiger partial charge in [0.05, 0.1) is 18.2 Å². The van der Waals surface area contributed by atoms with Crippen LogP contribution in [0.15, 0.2) is 72.9 Å². The lowest BCUT2D eigenvalue weighted by atomic mass is 9.76. The molecule has 4 aromatic rings. The number of likely N-dealkylation sites (tertiary alicyclic amines) is 1. The van der Waals surface area contributed by atoms with E-state index in [4.69, 9.17) is 4.74 Å². The molecule has 1 saturated heterocycles. The van der Waals surface area contributed by atoms with Crippen molar-refractivity contribution in [2.24, 2.45) is 0 Å². The lowest BCUT2D eigenvalue weighted by Gasteiger charge is -2.46. The van der Waals surface area contributed by atoms with Crippen molar-refractivity contribution in [1.29, 1.82) is 5.26 Å². The summed E-state index contributed by atoms with van der Waals surface area (Å²) >= 11 is 0. The first-order valence-electron chi connectivity index (χ1n) is 11.2. The Labute approximate surface area is 191 Å². The van der Waals surface area contributed by atoms with E-state index < -0.39 is 0 Å². The van der Waals surface area contributed by atoms with Crippen LogP contribution >= 0.6 is 0 Å². The number of ether oxygens (including phenoxy) is 1. The molecule has 6 heteroatoms. The number of amides is 1. The van der Waals surface area contributed by atoms with Gasteiger partial charge in [0.25, 0.3) is 5.91 Å². The Morgan fingerprint density at radius 3 is 2.85 bits per heavy atom. The largest absolute Gasteiger partial charge is 0.472 e. The van der Waals surface area contributed by atoms with Gasteiger partial charge in [-0.05, 0) is 48.7 Å². The summed E-state index contributed by atoms with van der Waals surface area (Å²) < 4.78 is 6.38. The van der Waals surface area contributed by atoms with Gasteiger partial charge < -0.3 is 14.6 Å². The Hall–Kier alpha value is -4.11. The first kappa shape index (κ1) is 19.6. The number of aromatic amines is 1. The summed E-state index contributed by atoms with van der Waals surface area (Å²) in [5.41, 5.74) is 4.62. The predicted octanol–water partition coefficient (Wildman–Crippen LogP) is 4.44. The number of benzene rings is 2. The Bertz CT molecular complexity index is 1390. The van der Waals surface area contributed by atoms with E-state index in [0.29, 0.717) is 23.6 Å². The molecule has 1 aliphatic heterocycles. The molecule has 0 radical (unpaired) electrons. The summed E-state index contributed by atoms with van der Waals surface area (Å²) in [6.07, 6.45) is 3.11. The van der Waals surface area contributed by atoms with Gasteiger partial charge in [-0.1, -0.05) is 30.3 Å². The van der Waals surface area contributed by atoms with Crippen molar-refractivity contribution in [2.75, 3.05) is 6.54 Å². The maximum Gasteiger partial charge on any atom is 0.254 e. The summed E-state index contributed by atoms with van der Waals surface area (Å²) in [5.74, 6) is 0.638. The molecule has 3 atom stereocenters. The molecule has 0 saturated carbocycles. The number of hydrogen-bond donors (Lipinski definition) is 1. The molecular weight excluding hydrogens is 412 g/mol. The van der Waals surface area contributed by atoms with Crippen LogP contribution in [-0.2, 0) is 6.42 Å². The van der Waals surface area contributed by atoms with E-state index in [-0.39, 0.29) is 24.0 Å². The maximum atomic E-state index is 13.6. The van der Waals surface area contributed by atoms with Crippen molar-refractivity contribution < 1.29 is 9.53 Å². The van der Waals surface area contributed by atoms with E-state index in [9.17, 15) is 10.1 Å². The Morgan fingerprint density at radius 1 is 1.12 bits per heavy atom. The molecule has 0 unspecified atom stereocenters. The third kappa shape index (κ3) is 3.33. The molecule has 6 rings (SSSR count). The molecule has 1 aliphatic carbocycles. The fourth-order valence-electron chi connectivity index (χ4n) is 5.36. The van der Waals surface area contributed by atoms with Crippen LogP contribution in [0.2, 0.25) is 0 Å². The van der Waals surface area contributed by atoms with Crippen LogP contribution < -0.4 is 4.74 Å². The highest BCUT2D eigenvalue weighted by atomic mass is 16.5. The Kier molecular flexibility index (Phi) is 4.62. The fraction of sp³-hybridized carbons (Fsp3) is 0.222. The number of nitriles is 1. The molecule has 33 heavy (non-hydrogen) atoms. The highest BCUT2D eigenvalue weighted by Gasteiger charge is 2.45. The van der Waals surface area contributed by atoms with Gasteiger partial charge in [-0.2, -0.15) is 5.26 Å². The summed E-state index contributed by atoms with van der Waals surface area (Å²) in [6, 6.07) is 23.1. The predicted molar refractivity (Wildman–Crippen MR) is 124 cm³/mol. The van der Waals surface area contributed by atoms with Crippen molar-refractivity contribution in [3.8, 4) is 11.9 Å². The van der Waals surface area contributed by atoms with E-state index >= 15 is 0 Å². The van der Waals surface area contributed by atoms with Crippen molar-refractivity contribution in [1.82, 2.24) is 14.9 Å². The number of nitrogens with zero attached hydrogens (tertiary/aromatic N) is 3. The van der Waals surface area contributed by atoms with E-state index in [1.165, 1.54) is 16.6 Å². The Morgan fingerprint density at radius 2 is 2.00 bits per heavy atom.